The highest BCUT2D eigenvalue weighted by molar-refractivity contribution is 7.86. The molecule has 2 heterocycles. The minimum atomic E-state index is -0.791. The van der Waals surface area contributed by atoms with Crippen LogP contribution >= 0.6 is 0 Å². The van der Waals surface area contributed by atoms with Gasteiger partial charge in [0.25, 0.3) is 0 Å². The van der Waals surface area contributed by atoms with E-state index in [0.717, 1.165) is 12.8 Å². The Kier molecular flexibility index (Phi) is 3.65. The molecule has 2 atom stereocenters. The lowest BCUT2D eigenvalue weighted by molar-refractivity contribution is -0.224. The summed E-state index contributed by atoms with van der Waals surface area (Å²) < 4.78 is 22.5. The number of methoxy groups -OCH3 is 2. The lowest BCUT2D eigenvalue weighted by atomic mass is 9.86. The Morgan fingerprint density at radius 2 is 1.76 bits per heavy atom. The van der Waals surface area contributed by atoms with Crippen molar-refractivity contribution in [3.8, 4) is 0 Å². The van der Waals surface area contributed by atoms with Crippen LogP contribution in [-0.2, 0) is 20.3 Å². The van der Waals surface area contributed by atoms with Gasteiger partial charge in [0.1, 0.15) is 0 Å². The maximum Gasteiger partial charge on any atom is 0.167 e. The molecule has 0 aromatic rings. The zero-order valence-corrected chi connectivity index (χ0v) is 11.6. The summed E-state index contributed by atoms with van der Waals surface area (Å²) in [6.45, 7) is 1.83. The van der Waals surface area contributed by atoms with Gasteiger partial charge in [0.2, 0.25) is 0 Å². The quantitative estimate of drug-likeness (QED) is 0.773. The van der Waals surface area contributed by atoms with Crippen LogP contribution in [0.15, 0.2) is 0 Å². The van der Waals surface area contributed by atoms with Gasteiger partial charge in [-0.2, -0.15) is 0 Å². The summed E-state index contributed by atoms with van der Waals surface area (Å²) >= 11 is 0. The first-order chi connectivity index (χ1) is 7.91. The van der Waals surface area contributed by atoms with Crippen LogP contribution in [-0.4, -0.2) is 45.4 Å². The van der Waals surface area contributed by atoms with Gasteiger partial charge in [0.05, 0.1) is 5.60 Å². The van der Waals surface area contributed by atoms with Crippen LogP contribution in [0, 0.1) is 0 Å². The molecule has 0 aromatic heterocycles. The number of hydrogen-bond donors (Lipinski definition) is 1. The predicted molar refractivity (Wildman–Crippen MR) is 66.2 cm³/mol. The summed E-state index contributed by atoms with van der Waals surface area (Å²) in [5, 5.41) is 11.0. The topological polar surface area (TPSA) is 55.8 Å². The van der Waals surface area contributed by atoms with Crippen molar-refractivity contribution in [3.05, 3.63) is 0 Å². The first kappa shape index (κ1) is 13.5. The minimum Gasteiger partial charge on any atom is -0.390 e. The molecule has 2 rings (SSSR count). The summed E-state index contributed by atoms with van der Waals surface area (Å²) in [6, 6.07) is 0. The molecule has 2 unspecified atom stereocenters. The fourth-order valence-corrected chi connectivity index (χ4v) is 5.38. The van der Waals surface area contributed by atoms with Gasteiger partial charge in [0.15, 0.2) is 5.79 Å². The molecule has 0 amide bonds. The minimum absolute atomic E-state index is 0.164. The summed E-state index contributed by atoms with van der Waals surface area (Å²) in [6.07, 6.45) is 3.63. The second-order valence-electron chi connectivity index (χ2n) is 5.50. The van der Waals surface area contributed by atoms with E-state index in [1.54, 1.807) is 14.2 Å². The highest BCUT2D eigenvalue weighted by Crippen LogP contribution is 2.44. The maximum absolute atomic E-state index is 11.9. The molecule has 0 radical (unpaired) electrons. The summed E-state index contributed by atoms with van der Waals surface area (Å²) in [4.78, 5) is 0. The van der Waals surface area contributed by atoms with E-state index in [1.807, 2.05) is 6.92 Å². The van der Waals surface area contributed by atoms with Crippen molar-refractivity contribution in [1.82, 2.24) is 0 Å². The highest BCUT2D eigenvalue weighted by atomic mass is 32.2. The molecular formula is C12H22O4S. The van der Waals surface area contributed by atoms with Gasteiger partial charge in [-0.3, -0.25) is 4.21 Å². The van der Waals surface area contributed by atoms with E-state index in [9.17, 15) is 9.32 Å². The summed E-state index contributed by atoms with van der Waals surface area (Å²) in [5.74, 6) is -0.757. The summed E-state index contributed by atoms with van der Waals surface area (Å²) in [7, 11) is 2.43. The van der Waals surface area contributed by atoms with E-state index in [4.69, 9.17) is 9.47 Å². The Morgan fingerprint density at radius 3 is 2.18 bits per heavy atom. The first-order valence-corrected chi connectivity index (χ1v) is 7.41. The van der Waals surface area contributed by atoms with Crippen molar-refractivity contribution in [2.45, 2.75) is 60.9 Å². The monoisotopic (exact) mass is 262 g/mol. The lowest BCUT2D eigenvalue weighted by Gasteiger charge is -2.41. The molecule has 0 saturated carbocycles. The maximum atomic E-state index is 11.9. The fraction of sp³-hybridized carbons (Fsp3) is 1.00. The van der Waals surface area contributed by atoms with E-state index in [1.165, 1.54) is 0 Å². The van der Waals surface area contributed by atoms with Crippen molar-refractivity contribution < 1.29 is 18.8 Å². The second-order valence-corrected chi connectivity index (χ2v) is 7.49. The first-order valence-electron chi connectivity index (χ1n) is 6.13. The van der Waals surface area contributed by atoms with Crippen LogP contribution in [0.5, 0.6) is 0 Å². The second kappa shape index (κ2) is 4.61. The van der Waals surface area contributed by atoms with Gasteiger partial charge >= 0.3 is 0 Å². The number of aliphatic hydroxyl groups is 1. The van der Waals surface area contributed by atoms with Crippen molar-refractivity contribution in [2.75, 3.05) is 14.2 Å². The number of rotatable bonds is 4. The van der Waals surface area contributed by atoms with Crippen LogP contribution in [0.3, 0.4) is 0 Å². The van der Waals surface area contributed by atoms with Gasteiger partial charge in [-0.1, -0.05) is 0 Å². The highest BCUT2D eigenvalue weighted by Gasteiger charge is 2.50. The average molecular weight is 262 g/mol. The Morgan fingerprint density at radius 1 is 1.29 bits per heavy atom. The molecule has 1 N–H and O–H groups in total. The van der Waals surface area contributed by atoms with Gasteiger partial charge < -0.3 is 14.6 Å². The number of hydrogen-bond acceptors (Lipinski definition) is 4. The van der Waals surface area contributed by atoms with Crippen LogP contribution in [0.2, 0.25) is 0 Å². The Hall–Kier alpha value is 0.0300. The normalized spacial score (nSPS) is 41.8. The van der Waals surface area contributed by atoms with Crippen molar-refractivity contribution in [2.24, 2.45) is 0 Å². The molecule has 2 saturated heterocycles. The molecule has 2 bridgehead atoms. The van der Waals surface area contributed by atoms with E-state index in [-0.39, 0.29) is 10.5 Å². The molecule has 0 spiro atoms. The SMILES string of the molecule is COC(C)(CC1(O)CC2CCC(C1)S2=O)OC. The van der Waals surface area contributed by atoms with Crippen LogP contribution < -0.4 is 0 Å². The third-order valence-corrected chi connectivity index (χ3v) is 6.32. The zero-order valence-electron chi connectivity index (χ0n) is 10.8. The van der Waals surface area contributed by atoms with E-state index < -0.39 is 22.2 Å². The molecule has 4 nitrogen and oxygen atoms in total. The third kappa shape index (κ3) is 2.57. The average Bonchev–Trinajstić information content (AvgIpc) is 2.53. The number of fused-ring (bicyclic) bond motifs is 2. The summed E-state index contributed by atoms with van der Waals surface area (Å²) in [5.41, 5.74) is -0.791. The predicted octanol–water partition coefficient (Wildman–Crippen LogP) is 1.19. The molecule has 2 aliphatic heterocycles. The van der Waals surface area contributed by atoms with E-state index >= 15 is 0 Å². The molecule has 5 heteroatoms. The van der Waals surface area contributed by atoms with Crippen molar-refractivity contribution in [1.29, 1.82) is 0 Å². The van der Waals surface area contributed by atoms with Crippen LogP contribution in [0.1, 0.15) is 39.0 Å². The lowest BCUT2D eigenvalue weighted by Crippen LogP contribution is -2.48. The van der Waals surface area contributed by atoms with E-state index in [0.29, 0.717) is 19.3 Å². The van der Waals surface area contributed by atoms with Gasteiger partial charge in [0, 0.05) is 41.9 Å². The van der Waals surface area contributed by atoms with Crippen LogP contribution in [0.25, 0.3) is 0 Å². The largest absolute Gasteiger partial charge is 0.390 e. The molecule has 100 valence electrons. The molecule has 2 aliphatic rings. The van der Waals surface area contributed by atoms with Crippen LogP contribution in [0.4, 0.5) is 0 Å². The third-order valence-electron chi connectivity index (χ3n) is 4.20. The zero-order chi connectivity index (χ0) is 12.7. The fourth-order valence-electron chi connectivity index (χ4n) is 3.15. The Labute approximate surface area is 105 Å². The number of ether oxygens (including phenoxy) is 2. The van der Waals surface area contributed by atoms with E-state index in [2.05, 4.69) is 0 Å². The van der Waals surface area contributed by atoms with Gasteiger partial charge in [-0.05, 0) is 32.6 Å². The molecule has 0 aliphatic carbocycles. The smallest absolute Gasteiger partial charge is 0.167 e. The van der Waals surface area contributed by atoms with Crippen molar-refractivity contribution in [3.63, 3.8) is 0 Å². The molecule has 17 heavy (non-hydrogen) atoms. The Balaban J connectivity index is 2.08. The van der Waals surface area contributed by atoms with Gasteiger partial charge in [-0.25, -0.2) is 0 Å². The molecule has 0 aromatic carbocycles. The standard InChI is InChI=1S/C12H22O4S/c1-11(15-2,16-3)8-12(13)6-9-4-5-10(7-12)17(9)14/h9-10,13H,4-8H2,1-3H3. The van der Waals surface area contributed by atoms with Crippen molar-refractivity contribution >= 4 is 10.8 Å². The van der Waals surface area contributed by atoms with Gasteiger partial charge in [-0.15, -0.1) is 0 Å². The molecular weight excluding hydrogens is 240 g/mol. The Bertz CT molecular complexity index is 298. The molecule has 2 fully saturated rings.